The zero-order chi connectivity index (χ0) is 12.3. The number of hydrogen-bond acceptors (Lipinski definition) is 3. The van der Waals surface area contributed by atoms with E-state index < -0.39 is 0 Å². The normalized spacial score (nSPS) is 28.8. The van der Waals surface area contributed by atoms with Crippen LogP contribution in [0.25, 0.3) is 0 Å². The highest BCUT2D eigenvalue weighted by atomic mass is 32.1. The molecule has 0 aliphatic heterocycles. The molecule has 1 aromatic rings. The molecule has 1 heterocycles. The van der Waals surface area contributed by atoms with Crippen LogP contribution < -0.4 is 5.32 Å². The molecule has 2 nitrogen and oxygen atoms in total. The summed E-state index contributed by atoms with van der Waals surface area (Å²) in [5.74, 6) is 0.878. The third-order valence-corrected chi connectivity index (χ3v) is 5.10. The first-order valence-corrected chi connectivity index (χ1v) is 7.75. The van der Waals surface area contributed by atoms with Crippen LogP contribution >= 0.6 is 11.3 Å². The van der Waals surface area contributed by atoms with Crippen molar-refractivity contribution < 1.29 is 0 Å². The molecule has 96 valence electrons. The Hall–Kier alpha value is -0.410. The predicted octanol–water partition coefficient (Wildman–Crippen LogP) is 3.86. The van der Waals surface area contributed by atoms with Crippen LogP contribution in [0.4, 0.5) is 0 Å². The van der Waals surface area contributed by atoms with Crippen molar-refractivity contribution in [3.63, 3.8) is 0 Å². The Morgan fingerprint density at radius 1 is 1.53 bits per heavy atom. The molecule has 3 heteroatoms. The van der Waals surface area contributed by atoms with E-state index in [0.29, 0.717) is 0 Å². The van der Waals surface area contributed by atoms with Crippen LogP contribution in [0.3, 0.4) is 0 Å². The van der Waals surface area contributed by atoms with Gasteiger partial charge < -0.3 is 5.32 Å². The lowest BCUT2D eigenvalue weighted by Gasteiger charge is -2.29. The molecule has 0 radical (unpaired) electrons. The molecule has 0 aromatic carbocycles. The Morgan fingerprint density at radius 2 is 2.35 bits per heavy atom. The smallest absolute Gasteiger partial charge is 0.113 e. The zero-order valence-electron chi connectivity index (χ0n) is 11.3. The molecular weight excluding hydrogens is 228 g/mol. The van der Waals surface area contributed by atoms with E-state index in [4.69, 9.17) is 4.98 Å². The Balaban J connectivity index is 2.19. The summed E-state index contributed by atoms with van der Waals surface area (Å²) < 4.78 is 0. The van der Waals surface area contributed by atoms with E-state index in [-0.39, 0.29) is 5.54 Å². The number of nitrogens with one attached hydrogen (secondary N) is 1. The minimum Gasteiger partial charge on any atom is -0.305 e. The average molecular weight is 252 g/mol. The van der Waals surface area contributed by atoms with Crippen LogP contribution in [0.5, 0.6) is 0 Å². The molecule has 1 N–H and O–H groups in total. The molecule has 0 spiro atoms. The summed E-state index contributed by atoms with van der Waals surface area (Å²) in [6.07, 6.45) is 6.39. The van der Waals surface area contributed by atoms with Crippen LogP contribution in [0.2, 0.25) is 0 Å². The molecule has 2 atom stereocenters. The SMILES string of the molecule is CCCNC1(c2nc(C)cs2)CCC(CC)C1. The number of rotatable bonds is 5. The molecule has 0 bridgehead atoms. The van der Waals surface area contributed by atoms with E-state index in [1.807, 2.05) is 11.3 Å². The Bertz CT molecular complexity index is 361. The summed E-state index contributed by atoms with van der Waals surface area (Å²) in [6, 6.07) is 0. The van der Waals surface area contributed by atoms with Gasteiger partial charge in [0.1, 0.15) is 5.01 Å². The topological polar surface area (TPSA) is 24.9 Å². The van der Waals surface area contributed by atoms with Gasteiger partial charge in [-0.1, -0.05) is 20.3 Å². The van der Waals surface area contributed by atoms with Gasteiger partial charge in [-0.15, -0.1) is 11.3 Å². The molecule has 1 aliphatic rings. The van der Waals surface area contributed by atoms with Gasteiger partial charge in [0.2, 0.25) is 0 Å². The van der Waals surface area contributed by atoms with Gasteiger partial charge >= 0.3 is 0 Å². The maximum Gasteiger partial charge on any atom is 0.113 e. The fourth-order valence-corrected chi connectivity index (χ4v) is 3.88. The van der Waals surface area contributed by atoms with Crippen LogP contribution in [0.15, 0.2) is 5.38 Å². The molecule has 17 heavy (non-hydrogen) atoms. The predicted molar refractivity (Wildman–Crippen MR) is 74.5 cm³/mol. The second-order valence-electron chi connectivity index (χ2n) is 5.32. The van der Waals surface area contributed by atoms with Crippen LogP contribution in [-0.4, -0.2) is 11.5 Å². The summed E-state index contributed by atoms with van der Waals surface area (Å²) >= 11 is 1.84. The minimum absolute atomic E-state index is 0.190. The first kappa shape index (κ1) is 13.0. The van der Waals surface area contributed by atoms with Crippen molar-refractivity contribution in [3.8, 4) is 0 Å². The van der Waals surface area contributed by atoms with E-state index in [0.717, 1.165) is 12.5 Å². The molecular formula is C14H24N2S. The summed E-state index contributed by atoms with van der Waals surface area (Å²) in [6.45, 7) is 7.75. The second kappa shape index (κ2) is 5.49. The third kappa shape index (κ3) is 2.71. The lowest BCUT2D eigenvalue weighted by molar-refractivity contribution is 0.324. The minimum atomic E-state index is 0.190. The van der Waals surface area contributed by atoms with Crippen molar-refractivity contribution in [2.75, 3.05) is 6.54 Å². The summed E-state index contributed by atoms with van der Waals surface area (Å²) in [4.78, 5) is 4.74. The van der Waals surface area contributed by atoms with Gasteiger partial charge in [-0.2, -0.15) is 0 Å². The fourth-order valence-electron chi connectivity index (χ4n) is 2.86. The molecule has 1 aliphatic carbocycles. The van der Waals surface area contributed by atoms with Gasteiger partial charge in [-0.05, 0) is 45.1 Å². The van der Waals surface area contributed by atoms with Crippen LogP contribution in [0, 0.1) is 12.8 Å². The van der Waals surface area contributed by atoms with Crippen molar-refractivity contribution in [1.82, 2.24) is 10.3 Å². The van der Waals surface area contributed by atoms with E-state index in [9.17, 15) is 0 Å². The summed E-state index contributed by atoms with van der Waals surface area (Å²) in [5.41, 5.74) is 1.36. The molecule has 2 unspecified atom stereocenters. The first-order chi connectivity index (χ1) is 8.20. The lowest BCUT2D eigenvalue weighted by Crippen LogP contribution is -2.40. The number of aromatic nitrogens is 1. The van der Waals surface area contributed by atoms with Crippen molar-refractivity contribution in [1.29, 1.82) is 0 Å². The summed E-state index contributed by atoms with van der Waals surface area (Å²) in [7, 11) is 0. The van der Waals surface area contributed by atoms with Gasteiger partial charge in [-0.25, -0.2) is 4.98 Å². The van der Waals surface area contributed by atoms with E-state index in [1.54, 1.807) is 0 Å². The third-order valence-electron chi connectivity index (χ3n) is 3.94. The van der Waals surface area contributed by atoms with Crippen LogP contribution in [-0.2, 0) is 5.54 Å². The van der Waals surface area contributed by atoms with Gasteiger partial charge in [0.25, 0.3) is 0 Å². The first-order valence-electron chi connectivity index (χ1n) is 6.88. The molecule has 1 fully saturated rings. The van der Waals surface area contributed by atoms with Gasteiger partial charge in [0.05, 0.1) is 5.54 Å². The molecule has 2 rings (SSSR count). The Labute approximate surface area is 109 Å². The molecule has 0 saturated heterocycles. The van der Waals surface area contributed by atoms with Gasteiger partial charge in [0, 0.05) is 11.1 Å². The van der Waals surface area contributed by atoms with Crippen molar-refractivity contribution in [2.24, 2.45) is 5.92 Å². The highest BCUT2D eigenvalue weighted by Gasteiger charge is 2.41. The molecule has 1 saturated carbocycles. The standard InChI is InChI=1S/C14H24N2S/c1-4-8-15-14(7-6-12(5-2)9-14)13-16-11(3)10-17-13/h10,12,15H,4-9H2,1-3H3. The maximum atomic E-state index is 4.74. The molecule has 0 amide bonds. The average Bonchev–Trinajstić information content (AvgIpc) is 2.93. The quantitative estimate of drug-likeness (QED) is 0.861. The highest BCUT2D eigenvalue weighted by Crippen LogP contribution is 2.44. The number of aryl methyl sites for hydroxylation is 1. The lowest BCUT2D eigenvalue weighted by atomic mass is 9.95. The Morgan fingerprint density at radius 3 is 2.88 bits per heavy atom. The van der Waals surface area contributed by atoms with Crippen molar-refractivity contribution >= 4 is 11.3 Å². The van der Waals surface area contributed by atoms with Gasteiger partial charge in [0.15, 0.2) is 0 Å². The maximum absolute atomic E-state index is 4.74. The van der Waals surface area contributed by atoms with Gasteiger partial charge in [-0.3, -0.25) is 0 Å². The molecule has 1 aromatic heterocycles. The van der Waals surface area contributed by atoms with Crippen LogP contribution in [0.1, 0.15) is 56.7 Å². The van der Waals surface area contributed by atoms with Crippen molar-refractivity contribution in [2.45, 2.75) is 58.4 Å². The number of nitrogens with zero attached hydrogens (tertiary/aromatic N) is 1. The van der Waals surface area contributed by atoms with E-state index in [1.165, 1.54) is 42.8 Å². The monoisotopic (exact) mass is 252 g/mol. The second-order valence-corrected chi connectivity index (χ2v) is 6.18. The van der Waals surface area contributed by atoms with Crippen molar-refractivity contribution in [3.05, 3.63) is 16.1 Å². The van der Waals surface area contributed by atoms with E-state index >= 15 is 0 Å². The Kier molecular flexibility index (Phi) is 4.21. The zero-order valence-corrected chi connectivity index (χ0v) is 12.1. The largest absolute Gasteiger partial charge is 0.305 e. The highest BCUT2D eigenvalue weighted by molar-refractivity contribution is 7.09. The number of hydrogen-bond donors (Lipinski definition) is 1. The number of thiazole rings is 1. The fraction of sp³-hybridized carbons (Fsp3) is 0.786. The van der Waals surface area contributed by atoms with E-state index in [2.05, 4.69) is 31.5 Å². The summed E-state index contributed by atoms with van der Waals surface area (Å²) in [5, 5.41) is 7.29.